The van der Waals surface area contributed by atoms with Crippen LogP contribution in [0.1, 0.15) is 239 Å². The lowest BCUT2D eigenvalue weighted by molar-refractivity contribution is -0.167. The van der Waals surface area contributed by atoms with Crippen LogP contribution in [0.2, 0.25) is 0 Å². The Kier molecular flexibility index (Phi) is 62.0. The van der Waals surface area contributed by atoms with Crippen LogP contribution in [0, 0.1) is 0 Å². The molecule has 0 fully saturated rings. The van der Waals surface area contributed by atoms with Crippen molar-refractivity contribution >= 4 is 17.9 Å². The first-order valence-electron chi connectivity index (χ1n) is 31.9. The Hall–Kier alpha value is -5.75. The standard InChI is InChI=1S/C75H114O6/c1-4-7-10-13-16-19-22-25-28-30-32-33-34-35-36-37-38-39-40-41-43-44-47-50-53-56-59-62-65-68-74(77)80-71-72(70-79-73(76)67-64-61-58-55-52-49-46-27-24-21-18-15-12-9-6-3)81-75(78)69-66-63-60-57-54-51-48-45-42-31-29-26-23-20-17-14-11-8-5-2/h7-12,16-21,25-29,32-33,35-36,38-39,41-43,45-47,50-51,54,72H,4-6,13-15,22-24,30-31,34,37,40,44,48-49,52-53,55-71H2,1-3H3/b10-7-,11-8-,12-9-,19-16-,20-17-,21-18-,28-25-,29-26-,33-32-,36-35-,39-38-,43-41-,45-42-,46-27-,50-47-,54-51-. The first-order valence-corrected chi connectivity index (χ1v) is 31.9. The highest BCUT2D eigenvalue weighted by atomic mass is 16.6. The molecule has 0 radical (unpaired) electrons. The molecule has 0 aliphatic rings. The van der Waals surface area contributed by atoms with E-state index >= 15 is 0 Å². The zero-order chi connectivity index (χ0) is 58.5. The molecule has 0 rings (SSSR count). The molecule has 0 heterocycles. The van der Waals surface area contributed by atoms with Gasteiger partial charge in [-0.25, -0.2) is 0 Å². The van der Waals surface area contributed by atoms with Gasteiger partial charge in [0, 0.05) is 19.3 Å². The van der Waals surface area contributed by atoms with E-state index in [4.69, 9.17) is 14.2 Å². The second kappa shape index (κ2) is 66.8. The van der Waals surface area contributed by atoms with E-state index in [9.17, 15) is 14.4 Å². The van der Waals surface area contributed by atoms with Crippen LogP contribution in [0.3, 0.4) is 0 Å². The summed E-state index contributed by atoms with van der Waals surface area (Å²) in [5, 5.41) is 0. The molecule has 0 aromatic rings. The van der Waals surface area contributed by atoms with Gasteiger partial charge < -0.3 is 14.2 Å². The molecule has 6 heteroatoms. The van der Waals surface area contributed by atoms with Crippen molar-refractivity contribution in [3.05, 3.63) is 194 Å². The molecule has 1 atom stereocenters. The van der Waals surface area contributed by atoms with E-state index in [0.29, 0.717) is 19.3 Å². The lowest BCUT2D eigenvalue weighted by atomic mass is 10.1. The molecule has 0 saturated heterocycles. The summed E-state index contributed by atoms with van der Waals surface area (Å²) in [6.45, 7) is 6.22. The fourth-order valence-electron chi connectivity index (χ4n) is 7.91. The number of unbranched alkanes of at least 4 members (excludes halogenated alkanes) is 12. The van der Waals surface area contributed by atoms with Crippen LogP contribution >= 0.6 is 0 Å². The third-order valence-electron chi connectivity index (χ3n) is 12.6. The number of carbonyl (C=O) groups is 3. The van der Waals surface area contributed by atoms with E-state index in [1.807, 2.05) is 0 Å². The number of hydrogen-bond donors (Lipinski definition) is 0. The van der Waals surface area contributed by atoms with E-state index in [-0.39, 0.29) is 37.5 Å². The zero-order valence-electron chi connectivity index (χ0n) is 51.5. The number of rotatable bonds is 55. The largest absolute Gasteiger partial charge is 0.462 e. The maximum atomic E-state index is 12.9. The lowest BCUT2D eigenvalue weighted by Gasteiger charge is -2.18. The molecule has 0 saturated carbocycles. The molecule has 6 nitrogen and oxygen atoms in total. The molecule has 0 spiro atoms. The van der Waals surface area contributed by atoms with E-state index in [1.165, 1.54) is 0 Å². The molecule has 0 N–H and O–H groups in total. The van der Waals surface area contributed by atoms with Crippen molar-refractivity contribution in [2.24, 2.45) is 0 Å². The quantitative estimate of drug-likeness (QED) is 0.0261. The van der Waals surface area contributed by atoms with Gasteiger partial charge in [-0.05, 0) is 161 Å². The summed E-state index contributed by atoms with van der Waals surface area (Å²) < 4.78 is 16.9. The van der Waals surface area contributed by atoms with Gasteiger partial charge in [-0.3, -0.25) is 14.4 Å². The van der Waals surface area contributed by atoms with Crippen molar-refractivity contribution in [1.82, 2.24) is 0 Å². The minimum Gasteiger partial charge on any atom is -0.462 e. The molecule has 0 aromatic heterocycles. The van der Waals surface area contributed by atoms with Gasteiger partial charge in [0.25, 0.3) is 0 Å². The maximum Gasteiger partial charge on any atom is 0.306 e. The van der Waals surface area contributed by atoms with Gasteiger partial charge >= 0.3 is 17.9 Å². The Morgan fingerprint density at radius 2 is 0.444 bits per heavy atom. The van der Waals surface area contributed by atoms with Crippen molar-refractivity contribution < 1.29 is 28.6 Å². The van der Waals surface area contributed by atoms with Gasteiger partial charge in [-0.1, -0.05) is 254 Å². The van der Waals surface area contributed by atoms with E-state index in [1.54, 1.807) is 0 Å². The Labute approximate surface area is 497 Å². The van der Waals surface area contributed by atoms with Gasteiger partial charge in [0.1, 0.15) is 13.2 Å². The molecule has 450 valence electrons. The summed E-state index contributed by atoms with van der Waals surface area (Å²) in [5.74, 6) is -1.00. The highest BCUT2D eigenvalue weighted by molar-refractivity contribution is 5.71. The number of hydrogen-bond acceptors (Lipinski definition) is 6. The van der Waals surface area contributed by atoms with E-state index in [0.717, 1.165) is 193 Å². The van der Waals surface area contributed by atoms with Gasteiger partial charge in [0.15, 0.2) is 6.10 Å². The second-order valence-corrected chi connectivity index (χ2v) is 20.2. The lowest BCUT2D eigenvalue weighted by Crippen LogP contribution is -2.30. The normalized spacial score (nSPS) is 13.5. The van der Waals surface area contributed by atoms with Crippen LogP contribution in [0.5, 0.6) is 0 Å². The van der Waals surface area contributed by atoms with Crippen LogP contribution in [-0.2, 0) is 28.6 Å². The molecule has 0 bridgehead atoms. The van der Waals surface area contributed by atoms with Crippen molar-refractivity contribution in [2.45, 2.75) is 245 Å². The fourth-order valence-corrected chi connectivity index (χ4v) is 7.91. The summed E-state index contributed by atoms with van der Waals surface area (Å²) in [4.78, 5) is 38.3. The van der Waals surface area contributed by atoms with Gasteiger partial charge in [-0.15, -0.1) is 0 Å². The summed E-state index contributed by atoms with van der Waals surface area (Å²) in [5.41, 5.74) is 0. The minimum absolute atomic E-state index is 0.119. The second-order valence-electron chi connectivity index (χ2n) is 20.2. The van der Waals surface area contributed by atoms with Crippen molar-refractivity contribution in [1.29, 1.82) is 0 Å². The molecular formula is C75H114O6. The highest BCUT2D eigenvalue weighted by Crippen LogP contribution is 2.13. The summed E-state index contributed by atoms with van der Waals surface area (Å²) in [6.07, 6.45) is 101. The Bertz CT molecular complexity index is 1950. The van der Waals surface area contributed by atoms with Gasteiger partial charge in [-0.2, -0.15) is 0 Å². The average Bonchev–Trinajstić information content (AvgIpc) is 3.47. The molecule has 0 aromatic carbocycles. The average molecular weight is 1110 g/mol. The first kappa shape index (κ1) is 75.2. The van der Waals surface area contributed by atoms with Crippen molar-refractivity contribution in [3.63, 3.8) is 0 Å². The van der Waals surface area contributed by atoms with E-state index in [2.05, 4.69) is 215 Å². The summed E-state index contributed by atoms with van der Waals surface area (Å²) in [7, 11) is 0. The van der Waals surface area contributed by atoms with Crippen molar-refractivity contribution in [3.8, 4) is 0 Å². The predicted octanol–water partition coefficient (Wildman–Crippen LogP) is 22.2. The number of carbonyl (C=O) groups excluding carboxylic acids is 3. The molecule has 81 heavy (non-hydrogen) atoms. The molecular weight excluding hydrogens is 997 g/mol. The smallest absolute Gasteiger partial charge is 0.306 e. The van der Waals surface area contributed by atoms with Crippen LogP contribution in [0.25, 0.3) is 0 Å². The predicted molar refractivity (Wildman–Crippen MR) is 352 cm³/mol. The van der Waals surface area contributed by atoms with Crippen molar-refractivity contribution in [2.75, 3.05) is 13.2 Å². The Balaban J connectivity index is 4.51. The van der Waals surface area contributed by atoms with Crippen LogP contribution < -0.4 is 0 Å². The Morgan fingerprint density at radius 3 is 0.704 bits per heavy atom. The summed E-state index contributed by atoms with van der Waals surface area (Å²) in [6, 6.07) is 0. The first-order chi connectivity index (χ1) is 40.0. The fraction of sp³-hybridized carbons (Fsp3) is 0.533. The van der Waals surface area contributed by atoms with Crippen LogP contribution in [0.15, 0.2) is 194 Å². The van der Waals surface area contributed by atoms with Gasteiger partial charge in [0.05, 0.1) is 0 Å². The zero-order valence-corrected chi connectivity index (χ0v) is 51.5. The summed E-state index contributed by atoms with van der Waals surface area (Å²) >= 11 is 0. The third-order valence-corrected chi connectivity index (χ3v) is 12.6. The molecule has 1 unspecified atom stereocenters. The number of esters is 3. The molecule has 0 aliphatic heterocycles. The Morgan fingerprint density at radius 1 is 0.247 bits per heavy atom. The van der Waals surface area contributed by atoms with Gasteiger partial charge in [0.2, 0.25) is 0 Å². The minimum atomic E-state index is -0.827. The maximum absolute atomic E-state index is 12.9. The SMILES string of the molecule is CC/C=C\C/C=C\C/C=C\C/C=C\C/C=C\C/C=C\C/C=C\C/C=C\CCCCCCC(=O)OCC(COC(=O)CCCCCCC/C=C\C/C=C\C/C=C\CC)OC(=O)CCCCC/C=C\C/C=C\C/C=C\C/C=C\C/C=C\CC. The topological polar surface area (TPSA) is 78.9 Å². The number of allylic oxidation sites excluding steroid dienone is 32. The van der Waals surface area contributed by atoms with Crippen LogP contribution in [-0.4, -0.2) is 37.2 Å². The molecule has 0 aliphatic carbocycles. The number of ether oxygens (including phenoxy) is 3. The van der Waals surface area contributed by atoms with Crippen LogP contribution in [0.4, 0.5) is 0 Å². The monoisotopic (exact) mass is 1110 g/mol. The highest BCUT2D eigenvalue weighted by Gasteiger charge is 2.19. The third kappa shape index (κ3) is 64.9. The molecule has 0 amide bonds. The van der Waals surface area contributed by atoms with E-state index < -0.39 is 6.10 Å².